The van der Waals surface area contributed by atoms with Crippen LogP contribution in [-0.4, -0.2) is 17.3 Å². The van der Waals surface area contributed by atoms with Gasteiger partial charge in [0.1, 0.15) is 0 Å². The molecule has 0 aromatic carbocycles. The van der Waals surface area contributed by atoms with Gasteiger partial charge in [-0.25, -0.2) is 0 Å². The highest BCUT2D eigenvalue weighted by atomic mass is 16.3. The molecule has 0 saturated carbocycles. The number of furan rings is 1. The second kappa shape index (κ2) is 5.17. The van der Waals surface area contributed by atoms with Crippen molar-refractivity contribution in [3.8, 4) is 0 Å². The molecular formula is C11H19NO2. The molecule has 0 saturated heterocycles. The highest BCUT2D eigenvalue weighted by molar-refractivity contribution is 5.05. The second-order valence-electron chi connectivity index (χ2n) is 3.95. The molecule has 0 spiro atoms. The topological polar surface area (TPSA) is 45.4 Å². The Hall–Kier alpha value is -0.800. The van der Waals surface area contributed by atoms with Gasteiger partial charge in [0.2, 0.25) is 0 Å². The highest BCUT2D eigenvalue weighted by Crippen LogP contribution is 2.12. The van der Waals surface area contributed by atoms with Gasteiger partial charge in [-0.05, 0) is 19.4 Å². The van der Waals surface area contributed by atoms with Crippen LogP contribution in [0.3, 0.4) is 0 Å². The Labute approximate surface area is 85.1 Å². The van der Waals surface area contributed by atoms with Gasteiger partial charge in [0.15, 0.2) is 0 Å². The lowest BCUT2D eigenvalue weighted by Gasteiger charge is -2.28. The summed E-state index contributed by atoms with van der Waals surface area (Å²) in [6.07, 6.45) is 5.42. The third kappa shape index (κ3) is 3.16. The molecule has 2 N–H and O–H groups in total. The molecule has 0 aliphatic heterocycles. The third-order valence-electron chi connectivity index (χ3n) is 2.45. The fraction of sp³-hybridized carbons (Fsp3) is 0.636. The molecular weight excluding hydrogens is 178 g/mol. The molecule has 1 aromatic rings. The Bertz CT molecular complexity index is 246. The van der Waals surface area contributed by atoms with E-state index >= 15 is 0 Å². The van der Waals surface area contributed by atoms with Crippen LogP contribution in [0.5, 0.6) is 0 Å². The summed E-state index contributed by atoms with van der Waals surface area (Å²) in [4.78, 5) is 0. The zero-order valence-corrected chi connectivity index (χ0v) is 8.92. The first kappa shape index (κ1) is 11.3. The zero-order valence-electron chi connectivity index (χ0n) is 8.92. The van der Waals surface area contributed by atoms with E-state index in [0.29, 0.717) is 0 Å². The summed E-state index contributed by atoms with van der Waals surface area (Å²) in [6, 6.07) is 1.93. The van der Waals surface area contributed by atoms with E-state index in [9.17, 15) is 5.11 Å². The Balaban J connectivity index is 2.41. The number of aliphatic hydroxyl groups is 1. The Kier molecular flexibility index (Phi) is 4.17. The largest absolute Gasteiger partial charge is 0.472 e. The van der Waals surface area contributed by atoms with E-state index in [-0.39, 0.29) is 12.1 Å². The van der Waals surface area contributed by atoms with E-state index in [4.69, 9.17) is 4.42 Å². The van der Waals surface area contributed by atoms with E-state index in [1.165, 1.54) is 0 Å². The van der Waals surface area contributed by atoms with Crippen molar-refractivity contribution in [2.24, 2.45) is 0 Å². The van der Waals surface area contributed by atoms with Gasteiger partial charge in [0.05, 0.1) is 19.1 Å². The minimum absolute atomic E-state index is 0.165. The van der Waals surface area contributed by atoms with Gasteiger partial charge >= 0.3 is 0 Å². The average molecular weight is 197 g/mol. The summed E-state index contributed by atoms with van der Waals surface area (Å²) in [5.41, 5.74) is 0.937. The van der Waals surface area contributed by atoms with E-state index in [1.807, 2.05) is 13.0 Å². The summed E-state index contributed by atoms with van der Waals surface area (Å²) in [5, 5.41) is 12.6. The standard InChI is InChI=1S/C11H19NO2/c1-3-5-11(2,9-13)12-7-10-4-6-14-8-10/h4,6,8,12-13H,3,5,7,9H2,1-2H3. The van der Waals surface area contributed by atoms with Crippen molar-refractivity contribution in [1.82, 2.24) is 5.32 Å². The van der Waals surface area contributed by atoms with Crippen LogP contribution in [0.25, 0.3) is 0 Å². The summed E-state index contributed by atoms with van der Waals surface area (Å²) < 4.78 is 4.97. The van der Waals surface area contributed by atoms with Crippen molar-refractivity contribution in [2.75, 3.05) is 6.61 Å². The molecule has 14 heavy (non-hydrogen) atoms. The lowest BCUT2D eigenvalue weighted by Crippen LogP contribution is -2.45. The molecule has 0 amide bonds. The molecule has 0 bridgehead atoms. The van der Waals surface area contributed by atoms with Gasteiger partial charge in [-0.2, -0.15) is 0 Å². The van der Waals surface area contributed by atoms with Crippen molar-refractivity contribution in [2.45, 2.75) is 38.8 Å². The van der Waals surface area contributed by atoms with Crippen LogP contribution in [0, 0.1) is 0 Å². The fourth-order valence-corrected chi connectivity index (χ4v) is 1.48. The number of nitrogens with one attached hydrogen (secondary N) is 1. The predicted octanol–water partition coefficient (Wildman–Crippen LogP) is 1.92. The first-order chi connectivity index (χ1) is 6.70. The smallest absolute Gasteiger partial charge is 0.0947 e. The van der Waals surface area contributed by atoms with Crippen molar-refractivity contribution in [3.05, 3.63) is 24.2 Å². The molecule has 0 radical (unpaired) electrons. The van der Waals surface area contributed by atoms with Crippen LogP contribution in [0.15, 0.2) is 23.0 Å². The molecule has 1 atom stereocenters. The van der Waals surface area contributed by atoms with Gasteiger partial charge in [-0.1, -0.05) is 13.3 Å². The van der Waals surface area contributed by atoms with Crippen molar-refractivity contribution in [1.29, 1.82) is 0 Å². The highest BCUT2D eigenvalue weighted by Gasteiger charge is 2.20. The van der Waals surface area contributed by atoms with E-state index in [0.717, 1.165) is 24.9 Å². The third-order valence-corrected chi connectivity index (χ3v) is 2.45. The molecule has 1 aromatic heterocycles. The van der Waals surface area contributed by atoms with Gasteiger partial charge < -0.3 is 14.8 Å². The summed E-state index contributed by atoms with van der Waals surface area (Å²) in [7, 11) is 0. The first-order valence-corrected chi connectivity index (χ1v) is 5.07. The van der Waals surface area contributed by atoms with Crippen LogP contribution in [0.2, 0.25) is 0 Å². The Morgan fingerprint density at radius 1 is 1.57 bits per heavy atom. The number of rotatable bonds is 6. The molecule has 0 aliphatic rings. The van der Waals surface area contributed by atoms with Crippen LogP contribution in [0.1, 0.15) is 32.3 Å². The zero-order chi connectivity index (χ0) is 10.4. The molecule has 1 heterocycles. The van der Waals surface area contributed by atoms with Crippen LogP contribution < -0.4 is 5.32 Å². The Morgan fingerprint density at radius 3 is 2.86 bits per heavy atom. The monoisotopic (exact) mass is 197 g/mol. The molecule has 80 valence electrons. The second-order valence-corrected chi connectivity index (χ2v) is 3.95. The summed E-state index contributed by atoms with van der Waals surface area (Å²) in [5.74, 6) is 0. The molecule has 3 nitrogen and oxygen atoms in total. The molecule has 1 rings (SSSR count). The van der Waals surface area contributed by atoms with Crippen molar-refractivity contribution in [3.63, 3.8) is 0 Å². The molecule has 3 heteroatoms. The number of aliphatic hydroxyl groups excluding tert-OH is 1. The number of hydrogen-bond acceptors (Lipinski definition) is 3. The summed E-state index contributed by atoms with van der Waals surface area (Å²) >= 11 is 0. The SMILES string of the molecule is CCCC(C)(CO)NCc1ccoc1. The maximum Gasteiger partial charge on any atom is 0.0947 e. The minimum atomic E-state index is -0.175. The van der Waals surface area contributed by atoms with E-state index in [2.05, 4.69) is 12.2 Å². The quantitative estimate of drug-likeness (QED) is 0.732. The normalized spacial score (nSPS) is 15.4. The van der Waals surface area contributed by atoms with Crippen LogP contribution in [0.4, 0.5) is 0 Å². The predicted molar refractivity (Wildman–Crippen MR) is 55.9 cm³/mol. The van der Waals surface area contributed by atoms with Crippen LogP contribution in [-0.2, 0) is 6.54 Å². The van der Waals surface area contributed by atoms with Gasteiger partial charge in [0.25, 0.3) is 0 Å². The van der Waals surface area contributed by atoms with Gasteiger partial charge in [0, 0.05) is 17.6 Å². The molecule has 1 unspecified atom stereocenters. The van der Waals surface area contributed by atoms with Gasteiger partial charge in [-0.15, -0.1) is 0 Å². The van der Waals surface area contributed by atoms with Crippen molar-refractivity contribution >= 4 is 0 Å². The fourth-order valence-electron chi connectivity index (χ4n) is 1.48. The minimum Gasteiger partial charge on any atom is -0.472 e. The maximum atomic E-state index is 9.26. The Morgan fingerprint density at radius 2 is 2.36 bits per heavy atom. The first-order valence-electron chi connectivity index (χ1n) is 5.07. The van der Waals surface area contributed by atoms with Crippen molar-refractivity contribution < 1.29 is 9.52 Å². The van der Waals surface area contributed by atoms with E-state index in [1.54, 1.807) is 12.5 Å². The lowest BCUT2D eigenvalue weighted by atomic mass is 9.97. The van der Waals surface area contributed by atoms with Gasteiger partial charge in [-0.3, -0.25) is 0 Å². The van der Waals surface area contributed by atoms with E-state index < -0.39 is 0 Å². The number of hydrogen-bond donors (Lipinski definition) is 2. The average Bonchev–Trinajstić information content (AvgIpc) is 2.68. The maximum absolute atomic E-state index is 9.26. The van der Waals surface area contributed by atoms with Crippen LogP contribution >= 0.6 is 0 Å². The molecule has 0 aliphatic carbocycles. The molecule has 0 fully saturated rings. The summed E-state index contributed by atoms with van der Waals surface area (Å²) in [6.45, 7) is 5.07. The lowest BCUT2D eigenvalue weighted by molar-refractivity contribution is 0.163.